The third-order valence-corrected chi connectivity index (χ3v) is 3.42. The number of benzene rings is 1. The maximum absolute atomic E-state index is 13.0. The summed E-state index contributed by atoms with van der Waals surface area (Å²) in [6, 6.07) is 4.35. The molecule has 1 aromatic carbocycles. The number of carbonyl (C=O) groups excluding carboxylic acids is 1. The number of rotatable bonds is 4. The Morgan fingerprint density at radius 3 is 3.05 bits per heavy atom. The van der Waals surface area contributed by atoms with E-state index < -0.39 is 0 Å². The molecule has 1 amide bonds. The summed E-state index contributed by atoms with van der Waals surface area (Å²) < 4.78 is 18.3. The first kappa shape index (κ1) is 12.2. The minimum absolute atomic E-state index is 0.0288. The van der Waals surface area contributed by atoms with Crippen LogP contribution in [-0.2, 0) is 11.2 Å². The number of fused-ring (bicyclic) bond motifs is 1. The third kappa shape index (κ3) is 2.61. The smallest absolute Gasteiger partial charge is 0.224 e. The highest BCUT2D eigenvalue weighted by Crippen LogP contribution is 2.22. The van der Waals surface area contributed by atoms with E-state index >= 15 is 0 Å². The van der Waals surface area contributed by atoms with Gasteiger partial charge in [-0.2, -0.15) is 0 Å². The van der Waals surface area contributed by atoms with Gasteiger partial charge in [0.1, 0.15) is 11.4 Å². The molecule has 5 heteroatoms. The van der Waals surface area contributed by atoms with Gasteiger partial charge in [-0.25, -0.2) is 4.39 Å². The lowest BCUT2D eigenvalue weighted by Gasteiger charge is -2.27. The minimum Gasteiger partial charge on any atom is -0.464 e. The van der Waals surface area contributed by atoms with Crippen LogP contribution in [0, 0.1) is 11.7 Å². The van der Waals surface area contributed by atoms with Gasteiger partial charge < -0.3 is 15.1 Å². The lowest BCUT2D eigenvalue weighted by Crippen LogP contribution is -2.48. The van der Waals surface area contributed by atoms with Gasteiger partial charge in [0.2, 0.25) is 5.91 Å². The normalized spacial score (nSPS) is 15.4. The van der Waals surface area contributed by atoms with Crippen molar-refractivity contribution < 1.29 is 13.6 Å². The molecule has 1 aliphatic heterocycles. The van der Waals surface area contributed by atoms with Crippen LogP contribution in [0.5, 0.6) is 0 Å². The summed E-state index contributed by atoms with van der Waals surface area (Å²) in [7, 11) is 0. The summed E-state index contributed by atoms with van der Waals surface area (Å²) in [5.41, 5.74) is 1.27. The zero-order valence-corrected chi connectivity index (χ0v) is 10.4. The van der Waals surface area contributed by atoms with E-state index in [1.807, 2.05) is 0 Å². The summed E-state index contributed by atoms with van der Waals surface area (Å²) in [6.45, 7) is 2.64. The van der Waals surface area contributed by atoms with Crippen molar-refractivity contribution in [3.63, 3.8) is 0 Å². The van der Waals surface area contributed by atoms with Crippen molar-refractivity contribution in [3.8, 4) is 0 Å². The van der Waals surface area contributed by atoms with Crippen LogP contribution in [0.15, 0.2) is 28.9 Å². The molecule has 0 atom stereocenters. The van der Waals surface area contributed by atoms with Gasteiger partial charge in [-0.3, -0.25) is 4.79 Å². The van der Waals surface area contributed by atoms with Gasteiger partial charge in [0.05, 0.1) is 12.7 Å². The number of hydrogen-bond donors (Lipinski definition) is 2. The van der Waals surface area contributed by atoms with Crippen LogP contribution in [0.1, 0.15) is 5.56 Å². The molecule has 0 spiro atoms. The maximum Gasteiger partial charge on any atom is 0.224 e. The Morgan fingerprint density at radius 2 is 2.32 bits per heavy atom. The third-order valence-electron chi connectivity index (χ3n) is 3.42. The number of furan rings is 1. The summed E-state index contributed by atoms with van der Waals surface area (Å²) in [6.07, 6.45) is 1.79. The van der Waals surface area contributed by atoms with Gasteiger partial charge >= 0.3 is 0 Å². The summed E-state index contributed by atoms with van der Waals surface area (Å²) in [4.78, 5) is 11.8. The molecule has 2 N–H and O–H groups in total. The second kappa shape index (κ2) is 5.01. The van der Waals surface area contributed by atoms with E-state index in [4.69, 9.17) is 4.42 Å². The second-order valence-electron chi connectivity index (χ2n) is 4.91. The molecular formula is C14H15FN2O2. The van der Waals surface area contributed by atoms with Crippen LogP contribution in [0.3, 0.4) is 0 Å². The zero-order chi connectivity index (χ0) is 13.2. The Morgan fingerprint density at radius 1 is 1.47 bits per heavy atom. The van der Waals surface area contributed by atoms with Crippen LogP contribution < -0.4 is 10.6 Å². The fourth-order valence-electron chi connectivity index (χ4n) is 2.18. The topological polar surface area (TPSA) is 54.3 Å². The van der Waals surface area contributed by atoms with Crippen molar-refractivity contribution in [1.82, 2.24) is 10.6 Å². The predicted octanol–water partition coefficient (Wildman–Crippen LogP) is 1.45. The molecule has 0 radical (unpaired) electrons. The van der Waals surface area contributed by atoms with Crippen LogP contribution in [0.2, 0.25) is 0 Å². The Hall–Kier alpha value is -1.88. The van der Waals surface area contributed by atoms with Gasteiger partial charge in [0.15, 0.2) is 0 Å². The van der Waals surface area contributed by atoms with Gasteiger partial charge in [0.25, 0.3) is 0 Å². The Labute approximate surface area is 110 Å². The van der Waals surface area contributed by atoms with Crippen LogP contribution >= 0.6 is 0 Å². The molecule has 0 unspecified atom stereocenters. The highest BCUT2D eigenvalue weighted by molar-refractivity contribution is 5.87. The molecular weight excluding hydrogens is 247 g/mol. The van der Waals surface area contributed by atoms with E-state index in [0.717, 1.165) is 24.0 Å². The lowest BCUT2D eigenvalue weighted by atomic mass is 10.0. The largest absolute Gasteiger partial charge is 0.464 e. The summed E-state index contributed by atoms with van der Waals surface area (Å²) >= 11 is 0. The Bertz CT molecular complexity index is 605. The number of hydrogen-bond acceptors (Lipinski definition) is 3. The maximum atomic E-state index is 13.0. The molecule has 1 aliphatic rings. The molecule has 1 aromatic heterocycles. The zero-order valence-electron chi connectivity index (χ0n) is 10.4. The molecule has 2 heterocycles. The van der Waals surface area contributed by atoms with E-state index in [1.165, 1.54) is 18.4 Å². The van der Waals surface area contributed by atoms with Crippen molar-refractivity contribution in [1.29, 1.82) is 0 Å². The number of halogens is 1. The van der Waals surface area contributed by atoms with E-state index in [9.17, 15) is 9.18 Å². The average molecular weight is 262 g/mol. The Kier molecular flexibility index (Phi) is 3.21. The average Bonchev–Trinajstić information content (AvgIpc) is 2.69. The first-order valence-electron chi connectivity index (χ1n) is 6.35. The van der Waals surface area contributed by atoms with Crippen molar-refractivity contribution in [2.45, 2.75) is 6.42 Å². The Balaban J connectivity index is 1.65. The van der Waals surface area contributed by atoms with Crippen molar-refractivity contribution in [2.75, 3.05) is 19.6 Å². The molecule has 0 saturated carbocycles. The minimum atomic E-state index is -0.338. The first-order chi connectivity index (χ1) is 9.22. The molecule has 4 nitrogen and oxygen atoms in total. The van der Waals surface area contributed by atoms with Crippen molar-refractivity contribution >= 4 is 16.9 Å². The lowest BCUT2D eigenvalue weighted by molar-refractivity contribution is -0.120. The number of nitrogens with one attached hydrogen (secondary N) is 2. The SMILES string of the molecule is O=C(Cc1coc2cc(F)ccc12)NCC1CNC1. The van der Waals surface area contributed by atoms with E-state index in [2.05, 4.69) is 10.6 Å². The highest BCUT2D eigenvalue weighted by atomic mass is 19.1. The van der Waals surface area contributed by atoms with E-state index in [-0.39, 0.29) is 18.1 Å². The molecule has 0 aliphatic carbocycles. The van der Waals surface area contributed by atoms with Crippen molar-refractivity contribution in [3.05, 3.63) is 35.8 Å². The van der Waals surface area contributed by atoms with Crippen LogP contribution in [0.4, 0.5) is 4.39 Å². The molecule has 2 aromatic rings. The fraction of sp³-hybridized carbons (Fsp3) is 0.357. The predicted molar refractivity (Wildman–Crippen MR) is 69.2 cm³/mol. The molecule has 0 bridgehead atoms. The standard InChI is InChI=1S/C14H15FN2O2/c15-11-1-2-12-10(8-19-13(12)4-11)3-14(18)17-7-9-5-16-6-9/h1-2,4,8-9,16H,3,5-7H2,(H,17,18). The summed E-state index contributed by atoms with van der Waals surface area (Å²) in [5, 5.41) is 6.86. The van der Waals surface area contributed by atoms with Gasteiger partial charge in [0, 0.05) is 42.6 Å². The molecule has 3 rings (SSSR count). The fourth-order valence-corrected chi connectivity index (χ4v) is 2.18. The van der Waals surface area contributed by atoms with Crippen LogP contribution in [0.25, 0.3) is 11.0 Å². The molecule has 100 valence electrons. The quantitative estimate of drug-likeness (QED) is 0.877. The van der Waals surface area contributed by atoms with Crippen LogP contribution in [-0.4, -0.2) is 25.5 Å². The molecule has 1 saturated heterocycles. The highest BCUT2D eigenvalue weighted by Gasteiger charge is 2.17. The first-order valence-corrected chi connectivity index (χ1v) is 6.35. The number of carbonyl (C=O) groups is 1. The van der Waals surface area contributed by atoms with Gasteiger partial charge in [-0.05, 0) is 12.1 Å². The number of amides is 1. The molecule has 19 heavy (non-hydrogen) atoms. The van der Waals surface area contributed by atoms with Gasteiger partial charge in [-0.1, -0.05) is 0 Å². The van der Waals surface area contributed by atoms with E-state index in [1.54, 1.807) is 6.07 Å². The summed E-state index contributed by atoms with van der Waals surface area (Å²) in [5.74, 6) is 0.174. The van der Waals surface area contributed by atoms with Crippen molar-refractivity contribution in [2.24, 2.45) is 5.92 Å². The van der Waals surface area contributed by atoms with E-state index in [0.29, 0.717) is 18.0 Å². The van der Waals surface area contributed by atoms with Gasteiger partial charge in [-0.15, -0.1) is 0 Å². The second-order valence-corrected chi connectivity index (χ2v) is 4.91. The monoisotopic (exact) mass is 262 g/mol. The molecule has 1 fully saturated rings.